The van der Waals surface area contributed by atoms with Crippen LogP contribution in [0.5, 0.6) is 5.75 Å². The number of rotatable bonds is 7. The predicted molar refractivity (Wildman–Crippen MR) is 125 cm³/mol. The number of carbonyl (C=O) groups is 1. The monoisotopic (exact) mass is 431 g/mol. The number of methoxy groups -OCH3 is 1. The first-order valence-corrected chi connectivity index (χ1v) is 11.1. The van der Waals surface area contributed by atoms with Crippen molar-refractivity contribution in [3.63, 3.8) is 0 Å². The fourth-order valence-electron chi connectivity index (χ4n) is 3.51. The summed E-state index contributed by atoms with van der Waals surface area (Å²) in [6, 6.07) is 21.4. The lowest BCUT2D eigenvalue weighted by molar-refractivity contribution is 0.0741. The van der Waals surface area contributed by atoms with E-state index in [1.54, 1.807) is 23.8 Å². The molecule has 0 saturated carbocycles. The summed E-state index contributed by atoms with van der Waals surface area (Å²) in [5, 5.41) is 0. The topological polar surface area (TPSA) is 46.8 Å². The van der Waals surface area contributed by atoms with Crippen LogP contribution in [0.1, 0.15) is 34.6 Å². The number of para-hydroxylation sites is 1. The molecular formula is C25H25N3O2S. The van der Waals surface area contributed by atoms with Gasteiger partial charge in [0.1, 0.15) is 11.4 Å². The Morgan fingerprint density at radius 3 is 2.58 bits per heavy atom. The summed E-state index contributed by atoms with van der Waals surface area (Å²) in [4.78, 5) is 20.5. The molecule has 1 unspecified atom stereocenters. The number of amides is 1. The Morgan fingerprint density at radius 1 is 1.10 bits per heavy atom. The number of nitrogens with zero attached hydrogens (tertiary/aromatic N) is 3. The van der Waals surface area contributed by atoms with Gasteiger partial charge in [0.05, 0.1) is 18.8 Å². The minimum absolute atomic E-state index is 0.0182. The molecule has 158 valence electrons. The zero-order valence-corrected chi connectivity index (χ0v) is 18.7. The Bertz CT molecular complexity index is 1150. The van der Waals surface area contributed by atoms with Crippen LogP contribution in [-0.2, 0) is 5.75 Å². The lowest BCUT2D eigenvalue weighted by Crippen LogP contribution is -2.29. The van der Waals surface area contributed by atoms with E-state index in [9.17, 15) is 4.79 Å². The van der Waals surface area contributed by atoms with E-state index in [1.807, 2.05) is 91.3 Å². The van der Waals surface area contributed by atoms with E-state index < -0.39 is 0 Å². The lowest BCUT2D eigenvalue weighted by atomic mass is 10.0. The van der Waals surface area contributed by atoms with Gasteiger partial charge in [0, 0.05) is 41.2 Å². The normalized spacial score (nSPS) is 12.0. The summed E-state index contributed by atoms with van der Waals surface area (Å²) in [6.07, 6.45) is 4.05. The molecule has 0 saturated heterocycles. The van der Waals surface area contributed by atoms with Crippen molar-refractivity contribution in [1.82, 2.24) is 14.3 Å². The van der Waals surface area contributed by atoms with Crippen molar-refractivity contribution in [3.05, 3.63) is 95.9 Å². The van der Waals surface area contributed by atoms with Gasteiger partial charge >= 0.3 is 0 Å². The van der Waals surface area contributed by atoms with Crippen molar-refractivity contribution in [1.29, 1.82) is 0 Å². The van der Waals surface area contributed by atoms with Crippen LogP contribution in [0.3, 0.4) is 0 Å². The Kier molecular flexibility index (Phi) is 6.28. The molecule has 1 amide bonds. The number of hydrogen-bond donors (Lipinski definition) is 0. The first-order chi connectivity index (χ1) is 15.1. The molecule has 1 atom stereocenters. The number of benzene rings is 2. The summed E-state index contributed by atoms with van der Waals surface area (Å²) < 4.78 is 7.48. The van der Waals surface area contributed by atoms with E-state index in [1.165, 1.54) is 0 Å². The van der Waals surface area contributed by atoms with Crippen LogP contribution in [-0.4, -0.2) is 34.3 Å². The molecular weight excluding hydrogens is 406 g/mol. The van der Waals surface area contributed by atoms with Crippen molar-refractivity contribution >= 4 is 23.3 Å². The van der Waals surface area contributed by atoms with E-state index in [4.69, 9.17) is 4.74 Å². The number of aromatic nitrogens is 2. The third-order valence-corrected chi connectivity index (χ3v) is 6.44. The maximum atomic E-state index is 13.0. The second kappa shape index (κ2) is 9.27. The fourth-order valence-corrected chi connectivity index (χ4v) is 4.29. The van der Waals surface area contributed by atoms with Crippen LogP contribution in [0.15, 0.2) is 84.0 Å². The van der Waals surface area contributed by atoms with Crippen molar-refractivity contribution in [3.8, 4) is 5.75 Å². The molecule has 0 aliphatic heterocycles. The highest BCUT2D eigenvalue weighted by molar-refractivity contribution is 7.98. The minimum atomic E-state index is -0.104. The SMILES string of the molecule is COc1ccccc1C(C)N(C)C(=O)c1ccc(SCc2cn3ccccc3n2)cc1. The van der Waals surface area contributed by atoms with E-state index in [2.05, 4.69) is 11.2 Å². The van der Waals surface area contributed by atoms with Gasteiger partial charge in [0.2, 0.25) is 0 Å². The minimum Gasteiger partial charge on any atom is -0.496 e. The van der Waals surface area contributed by atoms with Crippen LogP contribution in [0.2, 0.25) is 0 Å². The van der Waals surface area contributed by atoms with Crippen LogP contribution in [0.25, 0.3) is 5.65 Å². The van der Waals surface area contributed by atoms with Crippen molar-refractivity contribution in [2.24, 2.45) is 0 Å². The van der Waals surface area contributed by atoms with Gasteiger partial charge in [0.15, 0.2) is 0 Å². The number of hydrogen-bond acceptors (Lipinski definition) is 4. The summed E-state index contributed by atoms with van der Waals surface area (Å²) in [5.41, 5.74) is 3.63. The number of fused-ring (bicyclic) bond motifs is 1. The number of ether oxygens (including phenoxy) is 1. The van der Waals surface area contributed by atoms with Gasteiger partial charge in [-0.3, -0.25) is 4.79 Å². The maximum Gasteiger partial charge on any atom is 0.254 e. The van der Waals surface area contributed by atoms with Gasteiger partial charge < -0.3 is 14.0 Å². The van der Waals surface area contributed by atoms with Crippen LogP contribution < -0.4 is 4.74 Å². The third-order valence-electron chi connectivity index (χ3n) is 5.39. The van der Waals surface area contributed by atoms with E-state index >= 15 is 0 Å². The summed E-state index contributed by atoms with van der Waals surface area (Å²) in [5.74, 6) is 1.54. The standard InChI is InChI=1S/C25H25N3O2S/c1-18(22-8-4-5-9-23(22)30-3)27(2)25(29)19-11-13-21(14-12-19)31-17-20-16-28-15-7-6-10-24(28)26-20/h4-16,18H,17H2,1-3H3. The van der Waals surface area contributed by atoms with Gasteiger partial charge in [0.25, 0.3) is 5.91 Å². The molecule has 6 heteroatoms. The average Bonchev–Trinajstić information content (AvgIpc) is 3.24. The van der Waals surface area contributed by atoms with Crippen molar-refractivity contribution < 1.29 is 9.53 Å². The quantitative estimate of drug-likeness (QED) is 0.364. The van der Waals surface area contributed by atoms with Gasteiger partial charge in [-0.15, -0.1) is 11.8 Å². The third kappa shape index (κ3) is 4.59. The maximum absolute atomic E-state index is 13.0. The molecule has 4 rings (SSSR count). The molecule has 31 heavy (non-hydrogen) atoms. The molecule has 0 bridgehead atoms. The largest absolute Gasteiger partial charge is 0.496 e. The molecule has 4 aromatic rings. The van der Waals surface area contributed by atoms with Gasteiger partial charge in [-0.2, -0.15) is 0 Å². The molecule has 0 fully saturated rings. The number of imidazole rings is 1. The Balaban J connectivity index is 1.41. The highest BCUT2D eigenvalue weighted by Crippen LogP contribution is 2.29. The molecule has 5 nitrogen and oxygen atoms in total. The van der Waals surface area contributed by atoms with Crippen LogP contribution in [0.4, 0.5) is 0 Å². The van der Waals surface area contributed by atoms with Crippen LogP contribution >= 0.6 is 11.8 Å². The molecule has 2 aromatic heterocycles. The van der Waals surface area contributed by atoms with Gasteiger partial charge in [-0.05, 0) is 49.4 Å². The molecule has 0 aliphatic rings. The van der Waals surface area contributed by atoms with Gasteiger partial charge in [-0.25, -0.2) is 4.98 Å². The van der Waals surface area contributed by atoms with Gasteiger partial charge in [-0.1, -0.05) is 24.3 Å². The molecule has 0 radical (unpaired) electrons. The molecule has 0 spiro atoms. The zero-order chi connectivity index (χ0) is 21.8. The second-order valence-electron chi connectivity index (χ2n) is 7.35. The summed E-state index contributed by atoms with van der Waals surface area (Å²) in [6.45, 7) is 2.01. The highest BCUT2D eigenvalue weighted by atomic mass is 32.2. The van der Waals surface area contributed by atoms with E-state index in [0.29, 0.717) is 5.56 Å². The smallest absolute Gasteiger partial charge is 0.254 e. The Morgan fingerprint density at radius 2 is 1.84 bits per heavy atom. The Labute approximate surface area is 186 Å². The molecule has 2 heterocycles. The summed E-state index contributed by atoms with van der Waals surface area (Å²) in [7, 11) is 3.47. The average molecular weight is 432 g/mol. The zero-order valence-electron chi connectivity index (χ0n) is 17.9. The second-order valence-corrected chi connectivity index (χ2v) is 8.39. The van der Waals surface area contributed by atoms with Crippen molar-refractivity contribution in [2.75, 3.05) is 14.2 Å². The lowest BCUT2D eigenvalue weighted by Gasteiger charge is -2.26. The van der Waals surface area contributed by atoms with Crippen LogP contribution in [0, 0.1) is 0 Å². The predicted octanol–water partition coefficient (Wildman–Crippen LogP) is 5.47. The molecule has 0 N–H and O–H groups in total. The highest BCUT2D eigenvalue weighted by Gasteiger charge is 2.21. The van der Waals surface area contributed by atoms with Crippen molar-refractivity contribution in [2.45, 2.75) is 23.6 Å². The molecule has 2 aromatic carbocycles. The first kappa shape index (κ1) is 21.0. The number of pyridine rings is 1. The number of carbonyl (C=O) groups excluding carboxylic acids is 1. The molecule has 0 aliphatic carbocycles. The first-order valence-electron chi connectivity index (χ1n) is 10.1. The van der Waals surface area contributed by atoms with E-state index in [0.717, 1.165) is 33.3 Å². The fraction of sp³-hybridized carbons (Fsp3) is 0.200. The summed E-state index contributed by atoms with van der Waals surface area (Å²) >= 11 is 1.71. The van der Waals surface area contributed by atoms with E-state index in [-0.39, 0.29) is 11.9 Å². The Hall–Kier alpha value is -3.25. The number of thioether (sulfide) groups is 1.